The fourth-order valence-corrected chi connectivity index (χ4v) is 16.1. The third kappa shape index (κ3) is 6.84. The van der Waals surface area contributed by atoms with Crippen LogP contribution in [-0.4, -0.2) is 3.21 Å². The third-order valence-electron chi connectivity index (χ3n) is 10.0. The summed E-state index contributed by atoms with van der Waals surface area (Å²) in [5, 5.41) is 0. The molecule has 0 amide bonds. The van der Waals surface area contributed by atoms with Crippen LogP contribution in [0.5, 0.6) is 0 Å². The zero-order valence-corrected chi connectivity index (χ0v) is 32.2. The molecule has 50 heavy (non-hydrogen) atoms. The second kappa shape index (κ2) is 12.7. The quantitative estimate of drug-likeness (QED) is 0.160. The van der Waals surface area contributed by atoms with Crippen LogP contribution in [0.1, 0.15) is 104 Å². The van der Waals surface area contributed by atoms with E-state index in [0.29, 0.717) is 17.5 Å². The molecular weight excluding hydrogens is 722 g/mol. The van der Waals surface area contributed by atoms with Gasteiger partial charge in [0.15, 0.2) is 0 Å². The van der Waals surface area contributed by atoms with Gasteiger partial charge in [-0.1, -0.05) is 0 Å². The van der Waals surface area contributed by atoms with Gasteiger partial charge in [0.25, 0.3) is 0 Å². The Morgan fingerprint density at radius 3 is 1.58 bits per heavy atom. The van der Waals surface area contributed by atoms with Crippen molar-refractivity contribution < 1.29 is 47.6 Å². The molecule has 0 saturated carbocycles. The van der Waals surface area contributed by atoms with Crippen molar-refractivity contribution in [2.24, 2.45) is 0 Å². The second-order valence-electron chi connectivity index (χ2n) is 15.7. The first-order valence-electron chi connectivity index (χ1n) is 16.9. The van der Waals surface area contributed by atoms with Crippen LogP contribution in [0.3, 0.4) is 0 Å². The van der Waals surface area contributed by atoms with Gasteiger partial charge in [-0.2, -0.15) is 0 Å². The van der Waals surface area contributed by atoms with Gasteiger partial charge in [-0.3, -0.25) is 0 Å². The Hall–Kier alpha value is -3.31. The van der Waals surface area contributed by atoms with E-state index >= 15 is 0 Å². The summed E-state index contributed by atoms with van der Waals surface area (Å²) in [6, 6.07) is 17.4. The van der Waals surface area contributed by atoms with Crippen molar-refractivity contribution in [2.75, 3.05) is 0 Å². The molecule has 2 aliphatic carbocycles. The molecule has 7 heteroatoms. The van der Waals surface area contributed by atoms with E-state index < -0.39 is 44.7 Å². The summed E-state index contributed by atoms with van der Waals surface area (Å²) in [7, 11) is 0. The van der Waals surface area contributed by atoms with E-state index in [1.165, 1.54) is 75.3 Å². The molecule has 4 aromatic carbocycles. The Bertz CT molecular complexity index is 2010. The van der Waals surface area contributed by atoms with Crippen molar-refractivity contribution in [3.63, 3.8) is 0 Å². The summed E-state index contributed by atoms with van der Waals surface area (Å²) < 4.78 is 86.0. The molecule has 0 N–H and O–H groups in total. The molecule has 0 aromatic heterocycles. The van der Waals surface area contributed by atoms with Crippen molar-refractivity contribution in [2.45, 2.75) is 91.4 Å². The average Bonchev–Trinajstić information content (AvgIpc) is 3.66. The van der Waals surface area contributed by atoms with Crippen LogP contribution < -0.4 is 3.27 Å². The fraction of sp³-hybridized carbons (Fsp3) is 0.326. The maximum atomic E-state index is 13.8. The normalized spacial score (nSPS) is 14.5. The first-order valence-corrected chi connectivity index (χ1v) is 20.6. The van der Waals surface area contributed by atoms with Gasteiger partial charge in [0.05, 0.1) is 0 Å². The summed E-state index contributed by atoms with van der Waals surface area (Å²) >= 11 is -3.43. The Morgan fingerprint density at radius 2 is 1.14 bits per heavy atom. The number of allylic oxidation sites excluding steroid dienone is 4. The molecular formula is C43H42F6Zr. The van der Waals surface area contributed by atoms with Crippen molar-refractivity contribution >= 4 is 6.48 Å². The SMILES string of the molecule is Cc1cc2c(cc1C(C)(C)C)-c1cc(C(C)(C)C)c(C)[c]([Zr]([C]3=CC=CC3)=[C](c3ccc(C(F)(F)F)cc3)c3ccc(C(F)(F)F)cc3)c1C2. The van der Waals surface area contributed by atoms with Gasteiger partial charge >= 0.3 is 301 Å². The van der Waals surface area contributed by atoms with Crippen LogP contribution in [-0.2, 0) is 50.9 Å². The van der Waals surface area contributed by atoms with Crippen LogP contribution in [0.25, 0.3) is 11.1 Å². The molecule has 0 unspecified atom stereocenters. The Balaban J connectivity index is 1.75. The molecule has 0 aliphatic heterocycles. The van der Waals surface area contributed by atoms with Crippen LogP contribution >= 0.6 is 0 Å². The molecule has 2 aliphatic rings. The van der Waals surface area contributed by atoms with Gasteiger partial charge in [0.1, 0.15) is 0 Å². The van der Waals surface area contributed by atoms with Crippen molar-refractivity contribution in [3.8, 4) is 11.1 Å². The first kappa shape index (κ1) is 36.5. The number of aryl methyl sites for hydroxylation is 1. The molecule has 4 aromatic rings. The van der Waals surface area contributed by atoms with E-state index in [4.69, 9.17) is 0 Å². The van der Waals surface area contributed by atoms with E-state index in [2.05, 4.69) is 85.7 Å². The van der Waals surface area contributed by atoms with E-state index in [1.54, 1.807) is 0 Å². The van der Waals surface area contributed by atoms with E-state index in [1.807, 2.05) is 6.08 Å². The van der Waals surface area contributed by atoms with Crippen molar-refractivity contribution in [3.05, 3.63) is 144 Å². The Labute approximate surface area is 299 Å². The number of fused-ring (bicyclic) bond motifs is 3. The zero-order chi connectivity index (χ0) is 36.6. The Morgan fingerprint density at radius 1 is 0.640 bits per heavy atom. The first-order chi connectivity index (χ1) is 23.2. The summed E-state index contributed by atoms with van der Waals surface area (Å²) in [5.74, 6) is 0. The molecule has 0 nitrogen and oxygen atoms in total. The van der Waals surface area contributed by atoms with Crippen LogP contribution in [0.2, 0.25) is 0 Å². The van der Waals surface area contributed by atoms with E-state index in [-0.39, 0.29) is 10.8 Å². The number of benzene rings is 4. The van der Waals surface area contributed by atoms with Gasteiger partial charge in [0, 0.05) is 0 Å². The number of hydrogen-bond acceptors (Lipinski definition) is 0. The molecule has 260 valence electrons. The molecule has 6 rings (SSSR count). The zero-order valence-electron chi connectivity index (χ0n) is 29.8. The monoisotopic (exact) mass is 762 g/mol. The summed E-state index contributed by atoms with van der Waals surface area (Å²) in [4.78, 5) is 0. The molecule has 0 bridgehead atoms. The minimum atomic E-state index is -4.51. The minimum absolute atomic E-state index is 0.0599. The van der Waals surface area contributed by atoms with Crippen LogP contribution in [0, 0.1) is 13.8 Å². The number of hydrogen-bond donors (Lipinski definition) is 0. The van der Waals surface area contributed by atoms with Crippen LogP contribution in [0.4, 0.5) is 26.3 Å². The predicted octanol–water partition coefficient (Wildman–Crippen LogP) is 11.9. The molecule has 0 saturated heterocycles. The maximum absolute atomic E-state index is 13.8. The standard InChI is InChI=1S/C23H29.C15H8F6.C5H5.Zr/c1-14-9-16-11-17-10-15(2)21(23(6,7)8)13-19(17)18(16)12-20(14)22(3,4)5;16-14(17,18)12-5-1-10(2-6-12)9-11-3-7-13(8-4-11)15(19,20)21;1-2-4-5-3-1;/h9,12-13H,11H2,1-8H3;1-8H;1-3H,4H2;. The molecule has 0 radical (unpaired) electrons. The second-order valence-corrected chi connectivity index (χ2v) is 21.6. The number of halogens is 6. The molecule has 0 fully saturated rings. The van der Waals surface area contributed by atoms with Crippen molar-refractivity contribution in [1.82, 2.24) is 0 Å². The van der Waals surface area contributed by atoms with Gasteiger partial charge < -0.3 is 0 Å². The number of alkyl halides is 6. The molecule has 0 spiro atoms. The third-order valence-corrected chi connectivity index (χ3v) is 18.0. The predicted molar refractivity (Wildman–Crippen MR) is 189 cm³/mol. The van der Waals surface area contributed by atoms with Gasteiger partial charge in [-0.15, -0.1) is 0 Å². The average molecular weight is 764 g/mol. The van der Waals surface area contributed by atoms with E-state index in [0.717, 1.165) is 33.9 Å². The van der Waals surface area contributed by atoms with Crippen molar-refractivity contribution in [1.29, 1.82) is 0 Å². The van der Waals surface area contributed by atoms with Gasteiger partial charge in [-0.25, -0.2) is 0 Å². The van der Waals surface area contributed by atoms with Crippen LogP contribution in [0.15, 0.2) is 88.2 Å². The fourth-order valence-electron chi connectivity index (χ4n) is 7.73. The molecule has 0 atom stereocenters. The molecule has 0 heterocycles. The van der Waals surface area contributed by atoms with E-state index in [9.17, 15) is 26.3 Å². The summed E-state index contributed by atoms with van der Waals surface area (Å²) in [6.07, 6.45) is -1.32. The topological polar surface area (TPSA) is 0 Å². The van der Waals surface area contributed by atoms with Gasteiger partial charge in [0.2, 0.25) is 0 Å². The number of rotatable bonds is 4. The van der Waals surface area contributed by atoms with Gasteiger partial charge in [-0.05, 0) is 0 Å². The Kier molecular flexibility index (Phi) is 9.28. The summed E-state index contributed by atoms with van der Waals surface area (Å²) in [6.45, 7) is 17.6. The summed E-state index contributed by atoms with van der Waals surface area (Å²) in [5.41, 5.74) is 9.27.